The van der Waals surface area contributed by atoms with Gasteiger partial charge in [-0.2, -0.15) is 0 Å². The first-order valence-electron chi connectivity index (χ1n) is 0.612. The summed E-state index contributed by atoms with van der Waals surface area (Å²) >= 11 is 0. The summed E-state index contributed by atoms with van der Waals surface area (Å²) in [5.41, 5.74) is 0. The zero-order valence-electron chi connectivity index (χ0n) is 2.43. The Balaban J connectivity index is 0. The normalized spacial score (nSPS) is 4.80. The van der Waals surface area contributed by atoms with Crippen molar-refractivity contribution in [3.63, 3.8) is 0 Å². The van der Waals surface area contributed by atoms with Crippen molar-refractivity contribution in [2.24, 2.45) is 0 Å². The minimum atomic E-state index is -3.63. The molecule has 0 rings (SSSR count). The fourth-order valence-corrected chi connectivity index (χ4v) is 0. The molecule has 0 radical (unpaired) electrons. The SMILES string of the molecule is O=[Si]([O-])[O-].[SnH2+2]. The third-order valence-electron chi connectivity index (χ3n) is 0. The van der Waals surface area contributed by atoms with Crippen molar-refractivity contribution in [1.29, 1.82) is 0 Å². The van der Waals surface area contributed by atoms with Crippen LogP contribution in [0.1, 0.15) is 0 Å². The summed E-state index contributed by atoms with van der Waals surface area (Å²) in [6, 6.07) is 0. The van der Waals surface area contributed by atoms with Crippen LogP contribution in [0.4, 0.5) is 0 Å². The van der Waals surface area contributed by atoms with Crippen molar-refractivity contribution >= 4 is 33.1 Å². The fourth-order valence-electron chi connectivity index (χ4n) is 0. The van der Waals surface area contributed by atoms with Gasteiger partial charge < -0.3 is 14.1 Å². The second-order valence-electron chi connectivity index (χ2n) is 0.250. The average molecular weight is 197 g/mol. The molecular weight excluding hydrogens is 195 g/mol. The van der Waals surface area contributed by atoms with Gasteiger partial charge in [0.15, 0.2) is 0 Å². The summed E-state index contributed by atoms with van der Waals surface area (Å²) in [4.78, 5) is 17.0. The van der Waals surface area contributed by atoms with Gasteiger partial charge in [-0.05, 0) is 0 Å². The van der Waals surface area contributed by atoms with Crippen molar-refractivity contribution in [2.45, 2.75) is 0 Å². The van der Waals surface area contributed by atoms with E-state index in [1.807, 2.05) is 0 Å². The van der Waals surface area contributed by atoms with Crippen LogP contribution in [0.5, 0.6) is 0 Å². The van der Waals surface area contributed by atoms with E-state index in [9.17, 15) is 0 Å². The summed E-state index contributed by atoms with van der Waals surface area (Å²) in [5, 5.41) is 0. The molecule has 0 amide bonds. The minimum absolute atomic E-state index is 0. The molecule has 5 heavy (non-hydrogen) atoms. The molecule has 3 nitrogen and oxygen atoms in total. The van der Waals surface area contributed by atoms with E-state index in [1.54, 1.807) is 0 Å². The van der Waals surface area contributed by atoms with Crippen LogP contribution in [0, 0.1) is 0 Å². The van der Waals surface area contributed by atoms with Crippen molar-refractivity contribution in [1.82, 2.24) is 0 Å². The van der Waals surface area contributed by atoms with Crippen LogP contribution in [-0.4, -0.2) is 33.1 Å². The molecule has 0 atom stereocenters. The van der Waals surface area contributed by atoms with Crippen LogP contribution >= 0.6 is 0 Å². The van der Waals surface area contributed by atoms with Gasteiger partial charge in [-0.1, -0.05) is 0 Å². The van der Waals surface area contributed by atoms with E-state index < -0.39 is 9.17 Å². The molecule has 0 aliphatic heterocycles. The van der Waals surface area contributed by atoms with E-state index in [-0.39, 0.29) is 23.9 Å². The van der Waals surface area contributed by atoms with Crippen molar-refractivity contribution in [3.8, 4) is 0 Å². The number of hydrogen-bond acceptors (Lipinski definition) is 3. The van der Waals surface area contributed by atoms with Crippen molar-refractivity contribution in [2.75, 3.05) is 0 Å². The molecule has 0 aliphatic carbocycles. The monoisotopic (exact) mass is 198 g/mol. The Morgan fingerprint density at radius 3 is 1.40 bits per heavy atom. The van der Waals surface area contributed by atoms with Crippen LogP contribution in [0.25, 0.3) is 0 Å². The van der Waals surface area contributed by atoms with E-state index in [2.05, 4.69) is 0 Å². The second kappa shape index (κ2) is 4.42. The number of rotatable bonds is 0. The standard InChI is InChI=1S/O3Si.Sn.2H/c1-4(2)3;;;/q-2;+2;;. The van der Waals surface area contributed by atoms with Gasteiger partial charge in [0, 0.05) is 9.17 Å². The third kappa shape index (κ3) is 149. The Morgan fingerprint density at radius 1 is 1.40 bits per heavy atom. The molecule has 0 aromatic rings. The average Bonchev–Trinajstić information content (AvgIpc) is 0.811. The molecular formula is H2O3SiSn. The van der Waals surface area contributed by atoms with Crippen LogP contribution in [0.3, 0.4) is 0 Å². The van der Waals surface area contributed by atoms with E-state index in [4.69, 9.17) is 14.1 Å². The van der Waals surface area contributed by atoms with Crippen LogP contribution in [0.15, 0.2) is 0 Å². The van der Waals surface area contributed by atoms with Gasteiger partial charge in [-0.3, -0.25) is 0 Å². The molecule has 0 N–H and O–H groups in total. The van der Waals surface area contributed by atoms with Crippen LogP contribution < -0.4 is 9.59 Å². The topological polar surface area (TPSA) is 63.2 Å². The molecule has 0 aromatic heterocycles. The molecule has 28 valence electrons. The molecule has 0 heterocycles. The van der Waals surface area contributed by atoms with Gasteiger partial charge in [0.05, 0.1) is 0 Å². The molecule has 0 fully saturated rings. The van der Waals surface area contributed by atoms with E-state index in [0.29, 0.717) is 0 Å². The maximum absolute atomic E-state index is 8.52. The van der Waals surface area contributed by atoms with Gasteiger partial charge >= 0.3 is 23.9 Å². The van der Waals surface area contributed by atoms with Gasteiger partial charge in [-0.25, -0.2) is 0 Å². The first-order chi connectivity index (χ1) is 1.73. The van der Waals surface area contributed by atoms with E-state index in [1.165, 1.54) is 0 Å². The molecule has 5 heteroatoms. The maximum atomic E-state index is 8.52. The van der Waals surface area contributed by atoms with Gasteiger partial charge in [0.2, 0.25) is 0 Å². The predicted molar refractivity (Wildman–Crippen MR) is 15.0 cm³/mol. The predicted octanol–water partition coefficient (Wildman–Crippen LogP) is -3.79. The summed E-state index contributed by atoms with van der Waals surface area (Å²) < 4.78 is 8.52. The first-order valence-corrected chi connectivity index (χ1v) is 1.84. The molecule has 0 aliphatic rings. The first kappa shape index (κ1) is 9.05. The molecule has 0 bridgehead atoms. The molecule has 0 unspecified atom stereocenters. The Labute approximate surface area is 47.5 Å². The Hall–Kier alpha value is 0.416. The third-order valence-corrected chi connectivity index (χ3v) is 0. The van der Waals surface area contributed by atoms with Crippen molar-refractivity contribution < 1.29 is 14.1 Å². The summed E-state index contributed by atoms with van der Waals surface area (Å²) in [6.45, 7) is 0. The summed E-state index contributed by atoms with van der Waals surface area (Å²) in [7, 11) is -3.63. The van der Waals surface area contributed by atoms with Crippen LogP contribution in [-0.2, 0) is 4.46 Å². The Kier molecular flexibility index (Phi) is 7.99. The molecule has 0 saturated carbocycles. The summed E-state index contributed by atoms with van der Waals surface area (Å²) in [6.07, 6.45) is 0. The Morgan fingerprint density at radius 2 is 1.40 bits per heavy atom. The number of hydrogen-bond donors (Lipinski definition) is 0. The molecule has 0 aromatic carbocycles. The fraction of sp³-hybridized carbons (Fsp3) is 0. The second-order valence-corrected chi connectivity index (χ2v) is 0.750. The van der Waals surface area contributed by atoms with Crippen LogP contribution in [0.2, 0.25) is 0 Å². The molecule has 0 saturated heterocycles. The van der Waals surface area contributed by atoms with Gasteiger partial charge in [0.1, 0.15) is 0 Å². The zero-order chi connectivity index (χ0) is 3.58. The molecule has 0 spiro atoms. The van der Waals surface area contributed by atoms with E-state index >= 15 is 0 Å². The van der Waals surface area contributed by atoms with Crippen molar-refractivity contribution in [3.05, 3.63) is 0 Å². The van der Waals surface area contributed by atoms with Gasteiger partial charge in [0.25, 0.3) is 0 Å². The zero-order valence-corrected chi connectivity index (χ0v) is 7.47. The van der Waals surface area contributed by atoms with E-state index in [0.717, 1.165) is 0 Å². The quantitative estimate of drug-likeness (QED) is 0.374. The Bertz CT molecular complexity index is 29.9. The summed E-state index contributed by atoms with van der Waals surface area (Å²) in [5.74, 6) is 0. The van der Waals surface area contributed by atoms with Gasteiger partial charge in [-0.15, -0.1) is 0 Å².